The standard InChI is InChI=1S/C15H19BrN4OS/c1-10(2)20-9-17-19-15(20)22-8-14(21)18-11(3)12-4-6-13(16)7-5-12/h4-7,9-11H,8H2,1-3H3,(H,18,21)/t11-/m0/s1. The summed E-state index contributed by atoms with van der Waals surface area (Å²) in [6.45, 7) is 6.09. The molecule has 1 heterocycles. The molecule has 0 saturated heterocycles. The number of nitrogens with one attached hydrogen (secondary N) is 1. The van der Waals surface area contributed by atoms with E-state index in [-0.39, 0.29) is 18.0 Å². The predicted molar refractivity (Wildman–Crippen MR) is 91.8 cm³/mol. The van der Waals surface area contributed by atoms with Crippen molar-refractivity contribution in [2.45, 2.75) is 38.0 Å². The van der Waals surface area contributed by atoms with Crippen molar-refractivity contribution < 1.29 is 4.79 Å². The van der Waals surface area contributed by atoms with Gasteiger partial charge >= 0.3 is 0 Å². The molecule has 0 saturated carbocycles. The lowest BCUT2D eigenvalue weighted by Crippen LogP contribution is -2.28. The van der Waals surface area contributed by atoms with Crippen LogP contribution in [0.1, 0.15) is 38.4 Å². The van der Waals surface area contributed by atoms with Gasteiger partial charge in [-0.25, -0.2) is 0 Å². The lowest BCUT2D eigenvalue weighted by atomic mass is 10.1. The average molecular weight is 383 g/mol. The molecule has 1 atom stereocenters. The van der Waals surface area contributed by atoms with Crippen LogP contribution in [0.25, 0.3) is 0 Å². The number of thioether (sulfide) groups is 1. The monoisotopic (exact) mass is 382 g/mol. The zero-order chi connectivity index (χ0) is 16.1. The quantitative estimate of drug-likeness (QED) is 0.775. The van der Waals surface area contributed by atoms with Crippen LogP contribution in [0.2, 0.25) is 0 Å². The van der Waals surface area contributed by atoms with Crippen molar-refractivity contribution in [3.05, 3.63) is 40.6 Å². The molecule has 5 nitrogen and oxygen atoms in total. The Balaban J connectivity index is 1.87. The van der Waals surface area contributed by atoms with Gasteiger partial charge in [0.25, 0.3) is 0 Å². The molecule has 7 heteroatoms. The van der Waals surface area contributed by atoms with Crippen LogP contribution >= 0.6 is 27.7 Å². The van der Waals surface area contributed by atoms with Crippen molar-refractivity contribution in [1.29, 1.82) is 0 Å². The normalized spacial score (nSPS) is 12.4. The van der Waals surface area contributed by atoms with Gasteiger partial charge in [0.15, 0.2) is 5.16 Å². The van der Waals surface area contributed by atoms with E-state index in [0.717, 1.165) is 15.2 Å². The summed E-state index contributed by atoms with van der Waals surface area (Å²) in [4.78, 5) is 12.1. The molecule has 0 aliphatic rings. The highest BCUT2D eigenvalue weighted by Gasteiger charge is 2.13. The van der Waals surface area contributed by atoms with Crippen LogP contribution in [-0.2, 0) is 4.79 Å². The summed E-state index contributed by atoms with van der Waals surface area (Å²) in [5.41, 5.74) is 1.08. The van der Waals surface area contributed by atoms with Crippen LogP contribution in [0.15, 0.2) is 40.2 Å². The number of aromatic nitrogens is 3. The summed E-state index contributed by atoms with van der Waals surface area (Å²) >= 11 is 4.80. The van der Waals surface area contributed by atoms with Crippen molar-refractivity contribution in [3.8, 4) is 0 Å². The lowest BCUT2D eigenvalue weighted by molar-refractivity contribution is -0.119. The third-order valence-corrected chi connectivity index (χ3v) is 4.66. The first kappa shape index (κ1) is 17.0. The van der Waals surface area contributed by atoms with Gasteiger partial charge in [0.2, 0.25) is 5.91 Å². The van der Waals surface area contributed by atoms with Crippen molar-refractivity contribution in [3.63, 3.8) is 0 Å². The van der Waals surface area contributed by atoms with Gasteiger partial charge in [-0.1, -0.05) is 39.8 Å². The Kier molecular flexibility index (Phi) is 6.02. The first-order valence-corrected chi connectivity index (χ1v) is 8.82. The van der Waals surface area contributed by atoms with E-state index >= 15 is 0 Å². The van der Waals surface area contributed by atoms with E-state index in [9.17, 15) is 4.79 Å². The number of benzene rings is 1. The van der Waals surface area contributed by atoms with Gasteiger partial charge in [-0.2, -0.15) is 0 Å². The highest BCUT2D eigenvalue weighted by atomic mass is 79.9. The van der Waals surface area contributed by atoms with Gasteiger partial charge in [0.05, 0.1) is 11.8 Å². The molecule has 1 aromatic carbocycles. The molecule has 0 aliphatic carbocycles. The Hall–Kier alpha value is -1.34. The first-order chi connectivity index (χ1) is 10.5. The maximum absolute atomic E-state index is 12.1. The number of amides is 1. The lowest BCUT2D eigenvalue weighted by Gasteiger charge is -2.14. The van der Waals surface area contributed by atoms with Gasteiger partial charge in [0, 0.05) is 10.5 Å². The molecule has 0 spiro atoms. The molecule has 0 bridgehead atoms. The minimum atomic E-state index is -0.0239. The average Bonchev–Trinajstić information content (AvgIpc) is 2.94. The van der Waals surface area contributed by atoms with E-state index < -0.39 is 0 Å². The molecule has 1 aromatic heterocycles. The van der Waals surface area contributed by atoms with E-state index in [1.54, 1.807) is 6.33 Å². The van der Waals surface area contributed by atoms with Gasteiger partial charge in [-0.05, 0) is 38.5 Å². The van der Waals surface area contributed by atoms with Crippen molar-refractivity contribution in [2.24, 2.45) is 0 Å². The fraction of sp³-hybridized carbons (Fsp3) is 0.400. The fourth-order valence-corrected chi connectivity index (χ4v) is 3.06. The Morgan fingerprint density at radius 2 is 2.00 bits per heavy atom. The van der Waals surface area contributed by atoms with Crippen molar-refractivity contribution in [2.75, 3.05) is 5.75 Å². The second kappa shape index (κ2) is 7.78. The topological polar surface area (TPSA) is 59.8 Å². The predicted octanol–water partition coefficient (Wildman–Crippen LogP) is 3.59. The Morgan fingerprint density at radius 1 is 1.32 bits per heavy atom. The molecule has 1 N–H and O–H groups in total. The third kappa shape index (κ3) is 4.58. The van der Waals surface area contributed by atoms with Crippen LogP contribution in [0.5, 0.6) is 0 Å². The maximum atomic E-state index is 12.1. The van der Waals surface area contributed by atoms with Gasteiger partial charge in [-0.3, -0.25) is 4.79 Å². The number of nitrogens with zero attached hydrogens (tertiary/aromatic N) is 3. The van der Waals surface area contributed by atoms with E-state index in [1.807, 2.05) is 35.8 Å². The molecule has 0 fully saturated rings. The molecular formula is C15H19BrN4OS. The van der Waals surface area contributed by atoms with Gasteiger partial charge in [-0.15, -0.1) is 10.2 Å². The molecular weight excluding hydrogens is 364 g/mol. The minimum Gasteiger partial charge on any atom is -0.349 e. The summed E-state index contributed by atoms with van der Waals surface area (Å²) in [6.07, 6.45) is 1.69. The van der Waals surface area contributed by atoms with E-state index in [2.05, 4.69) is 45.3 Å². The number of carbonyl (C=O) groups excluding carboxylic acids is 1. The molecule has 22 heavy (non-hydrogen) atoms. The summed E-state index contributed by atoms with van der Waals surface area (Å²) in [6, 6.07) is 8.19. The Labute approximate surface area is 143 Å². The van der Waals surface area contributed by atoms with E-state index in [1.165, 1.54) is 11.8 Å². The van der Waals surface area contributed by atoms with E-state index in [0.29, 0.717) is 5.75 Å². The fourth-order valence-electron chi connectivity index (χ4n) is 1.94. The number of rotatable bonds is 6. The molecule has 0 aliphatic heterocycles. The van der Waals surface area contributed by atoms with Crippen LogP contribution in [0, 0.1) is 0 Å². The molecule has 1 amide bonds. The number of hydrogen-bond donors (Lipinski definition) is 1. The third-order valence-electron chi connectivity index (χ3n) is 3.18. The summed E-state index contributed by atoms with van der Waals surface area (Å²) in [5.74, 6) is 0.311. The summed E-state index contributed by atoms with van der Waals surface area (Å²) < 4.78 is 2.98. The van der Waals surface area contributed by atoms with Crippen molar-refractivity contribution in [1.82, 2.24) is 20.1 Å². The summed E-state index contributed by atoms with van der Waals surface area (Å²) in [7, 11) is 0. The van der Waals surface area contributed by atoms with Crippen LogP contribution < -0.4 is 5.32 Å². The molecule has 2 aromatic rings. The second-order valence-electron chi connectivity index (χ2n) is 5.24. The molecule has 0 unspecified atom stereocenters. The highest BCUT2D eigenvalue weighted by Crippen LogP contribution is 2.20. The summed E-state index contributed by atoms with van der Waals surface area (Å²) in [5, 5.41) is 11.7. The number of hydrogen-bond acceptors (Lipinski definition) is 4. The smallest absolute Gasteiger partial charge is 0.230 e. The zero-order valence-electron chi connectivity index (χ0n) is 12.8. The number of halogens is 1. The Bertz CT molecular complexity index is 627. The largest absolute Gasteiger partial charge is 0.349 e. The highest BCUT2D eigenvalue weighted by molar-refractivity contribution is 9.10. The van der Waals surface area contributed by atoms with Gasteiger partial charge in [0.1, 0.15) is 6.33 Å². The second-order valence-corrected chi connectivity index (χ2v) is 7.10. The first-order valence-electron chi connectivity index (χ1n) is 7.04. The molecule has 0 radical (unpaired) electrons. The van der Waals surface area contributed by atoms with Crippen LogP contribution in [-0.4, -0.2) is 26.4 Å². The molecule has 2 rings (SSSR count). The number of carbonyl (C=O) groups is 1. The van der Waals surface area contributed by atoms with Crippen LogP contribution in [0.3, 0.4) is 0 Å². The minimum absolute atomic E-state index is 0.0151. The van der Waals surface area contributed by atoms with Gasteiger partial charge < -0.3 is 9.88 Å². The maximum Gasteiger partial charge on any atom is 0.230 e. The zero-order valence-corrected chi connectivity index (χ0v) is 15.2. The molecule has 118 valence electrons. The van der Waals surface area contributed by atoms with Crippen LogP contribution in [0.4, 0.5) is 0 Å². The Morgan fingerprint density at radius 3 is 2.64 bits per heavy atom. The van der Waals surface area contributed by atoms with Crippen molar-refractivity contribution >= 4 is 33.6 Å². The van der Waals surface area contributed by atoms with E-state index in [4.69, 9.17) is 0 Å². The SMILES string of the molecule is CC(C)n1cnnc1SCC(=O)N[C@@H](C)c1ccc(Br)cc1.